The SMILES string of the molecule is CCOc1cccnc1-c1nc(-c2cncc(Br)c2)no1. The third kappa shape index (κ3) is 2.92. The zero-order valence-corrected chi connectivity index (χ0v) is 12.7. The molecule has 0 saturated carbocycles. The van der Waals surface area contributed by atoms with Crippen molar-refractivity contribution in [2.45, 2.75) is 6.92 Å². The molecule has 0 saturated heterocycles. The Labute approximate surface area is 129 Å². The molecule has 0 N–H and O–H groups in total. The summed E-state index contributed by atoms with van der Waals surface area (Å²) in [5.41, 5.74) is 1.29. The van der Waals surface area contributed by atoms with Crippen LogP contribution >= 0.6 is 15.9 Å². The van der Waals surface area contributed by atoms with E-state index in [0.717, 1.165) is 10.0 Å². The van der Waals surface area contributed by atoms with E-state index in [1.165, 1.54) is 0 Å². The Kier molecular flexibility index (Phi) is 3.92. The minimum atomic E-state index is 0.314. The maximum Gasteiger partial charge on any atom is 0.280 e. The van der Waals surface area contributed by atoms with Crippen molar-refractivity contribution in [2.24, 2.45) is 0 Å². The van der Waals surface area contributed by atoms with Crippen LogP contribution in [0.5, 0.6) is 5.75 Å². The first-order valence-electron chi connectivity index (χ1n) is 6.30. The van der Waals surface area contributed by atoms with Crippen molar-refractivity contribution in [3.63, 3.8) is 0 Å². The molecule has 7 heteroatoms. The molecule has 0 spiro atoms. The van der Waals surface area contributed by atoms with Crippen molar-refractivity contribution in [3.05, 3.63) is 41.3 Å². The molecule has 106 valence electrons. The molecule has 0 radical (unpaired) electrons. The minimum Gasteiger partial charge on any atom is -0.491 e. The van der Waals surface area contributed by atoms with Crippen molar-refractivity contribution < 1.29 is 9.26 Å². The first kappa shape index (κ1) is 13.7. The highest BCUT2D eigenvalue weighted by Gasteiger charge is 2.16. The lowest BCUT2D eigenvalue weighted by molar-refractivity contribution is 0.337. The monoisotopic (exact) mass is 346 g/mol. The van der Waals surface area contributed by atoms with Crippen LogP contribution in [-0.2, 0) is 0 Å². The number of nitrogens with zero attached hydrogens (tertiary/aromatic N) is 4. The van der Waals surface area contributed by atoms with E-state index in [0.29, 0.717) is 29.8 Å². The summed E-state index contributed by atoms with van der Waals surface area (Å²) in [5.74, 6) is 1.38. The van der Waals surface area contributed by atoms with Crippen molar-refractivity contribution >= 4 is 15.9 Å². The number of aromatic nitrogens is 4. The Morgan fingerprint density at radius 2 is 2.24 bits per heavy atom. The molecule has 0 amide bonds. The van der Waals surface area contributed by atoms with Crippen molar-refractivity contribution in [1.29, 1.82) is 0 Å². The second kappa shape index (κ2) is 6.01. The first-order valence-corrected chi connectivity index (χ1v) is 7.10. The molecule has 3 rings (SSSR count). The Bertz CT molecular complexity index is 760. The second-order valence-electron chi connectivity index (χ2n) is 4.10. The van der Waals surface area contributed by atoms with E-state index in [1.807, 2.05) is 19.1 Å². The molecule has 0 unspecified atom stereocenters. The number of halogens is 1. The highest BCUT2D eigenvalue weighted by molar-refractivity contribution is 9.10. The van der Waals surface area contributed by atoms with Crippen LogP contribution in [0.15, 0.2) is 45.8 Å². The predicted molar refractivity (Wildman–Crippen MR) is 79.6 cm³/mol. The minimum absolute atomic E-state index is 0.314. The standard InChI is InChI=1S/C14H11BrN4O2/c1-2-20-11-4-3-5-17-12(11)14-18-13(19-21-14)9-6-10(15)8-16-7-9/h3-8H,2H2,1H3. The van der Waals surface area contributed by atoms with Crippen LogP contribution in [0.1, 0.15) is 6.92 Å². The van der Waals surface area contributed by atoms with Crippen LogP contribution in [0.2, 0.25) is 0 Å². The Morgan fingerprint density at radius 1 is 1.33 bits per heavy atom. The van der Waals surface area contributed by atoms with Gasteiger partial charge in [0.1, 0.15) is 0 Å². The lowest BCUT2D eigenvalue weighted by Gasteiger charge is -2.04. The third-order valence-electron chi connectivity index (χ3n) is 2.66. The van der Waals surface area contributed by atoms with Crippen LogP contribution < -0.4 is 4.74 Å². The molecule has 0 aliphatic carbocycles. The number of ether oxygens (including phenoxy) is 1. The van der Waals surface area contributed by atoms with Gasteiger partial charge >= 0.3 is 0 Å². The van der Waals surface area contributed by atoms with Gasteiger partial charge < -0.3 is 9.26 Å². The summed E-state index contributed by atoms with van der Waals surface area (Å²) < 4.78 is 11.6. The fourth-order valence-electron chi connectivity index (χ4n) is 1.79. The quantitative estimate of drug-likeness (QED) is 0.721. The molecular weight excluding hydrogens is 336 g/mol. The van der Waals surface area contributed by atoms with Crippen LogP contribution in [0, 0.1) is 0 Å². The van der Waals surface area contributed by atoms with Gasteiger partial charge in [-0.15, -0.1) is 0 Å². The molecule has 0 fully saturated rings. The van der Waals surface area contributed by atoms with E-state index in [-0.39, 0.29) is 0 Å². The van der Waals surface area contributed by atoms with Gasteiger partial charge in [0.2, 0.25) is 5.82 Å². The van der Waals surface area contributed by atoms with Crippen molar-refractivity contribution in [1.82, 2.24) is 20.1 Å². The first-order chi connectivity index (χ1) is 10.3. The fraction of sp³-hybridized carbons (Fsp3) is 0.143. The topological polar surface area (TPSA) is 73.9 Å². The van der Waals surface area contributed by atoms with E-state index >= 15 is 0 Å². The lowest BCUT2D eigenvalue weighted by atomic mass is 10.3. The molecular formula is C14H11BrN4O2. The molecule has 6 nitrogen and oxygen atoms in total. The summed E-state index contributed by atoms with van der Waals surface area (Å²) in [6, 6.07) is 5.48. The zero-order chi connectivity index (χ0) is 14.7. The molecule has 0 aromatic carbocycles. The van der Waals surface area contributed by atoms with Gasteiger partial charge in [0.15, 0.2) is 11.4 Å². The molecule has 3 aromatic heterocycles. The molecule has 3 aromatic rings. The molecule has 0 bridgehead atoms. The van der Waals surface area contributed by atoms with E-state index in [9.17, 15) is 0 Å². The van der Waals surface area contributed by atoms with Crippen molar-refractivity contribution in [2.75, 3.05) is 6.61 Å². The highest BCUT2D eigenvalue weighted by Crippen LogP contribution is 2.28. The molecule has 0 atom stereocenters. The predicted octanol–water partition coefficient (Wildman–Crippen LogP) is 3.35. The van der Waals surface area contributed by atoms with Gasteiger partial charge in [-0.3, -0.25) is 4.98 Å². The molecule has 21 heavy (non-hydrogen) atoms. The fourth-order valence-corrected chi connectivity index (χ4v) is 2.16. The Hall–Kier alpha value is -2.28. The number of hydrogen-bond donors (Lipinski definition) is 0. The molecule has 3 heterocycles. The maximum atomic E-state index is 5.52. The number of hydrogen-bond acceptors (Lipinski definition) is 6. The molecule has 0 aliphatic rings. The Balaban J connectivity index is 1.99. The summed E-state index contributed by atoms with van der Waals surface area (Å²) >= 11 is 3.36. The van der Waals surface area contributed by atoms with Gasteiger partial charge in [0.25, 0.3) is 5.89 Å². The summed E-state index contributed by atoms with van der Waals surface area (Å²) in [5, 5.41) is 3.96. The van der Waals surface area contributed by atoms with Crippen LogP contribution in [0.3, 0.4) is 0 Å². The second-order valence-corrected chi connectivity index (χ2v) is 5.01. The average Bonchev–Trinajstić information content (AvgIpc) is 2.98. The summed E-state index contributed by atoms with van der Waals surface area (Å²) in [4.78, 5) is 12.7. The summed E-state index contributed by atoms with van der Waals surface area (Å²) in [7, 11) is 0. The average molecular weight is 347 g/mol. The molecule has 0 aliphatic heterocycles. The van der Waals surface area contributed by atoms with E-state index in [2.05, 4.69) is 36.0 Å². The van der Waals surface area contributed by atoms with Gasteiger partial charge in [-0.25, -0.2) is 4.98 Å². The van der Waals surface area contributed by atoms with Crippen LogP contribution in [0.25, 0.3) is 23.0 Å². The highest BCUT2D eigenvalue weighted by atomic mass is 79.9. The largest absolute Gasteiger partial charge is 0.491 e. The van der Waals surface area contributed by atoms with Gasteiger partial charge in [0.05, 0.1) is 6.61 Å². The maximum absolute atomic E-state index is 5.52. The van der Waals surface area contributed by atoms with E-state index < -0.39 is 0 Å². The smallest absolute Gasteiger partial charge is 0.280 e. The van der Waals surface area contributed by atoms with Gasteiger partial charge in [-0.1, -0.05) is 5.16 Å². The number of rotatable bonds is 4. The van der Waals surface area contributed by atoms with Crippen molar-refractivity contribution in [3.8, 4) is 28.7 Å². The Morgan fingerprint density at radius 3 is 3.05 bits per heavy atom. The van der Waals surface area contributed by atoms with Crippen LogP contribution in [-0.4, -0.2) is 26.7 Å². The summed E-state index contributed by atoms with van der Waals surface area (Å²) in [6.45, 7) is 2.44. The third-order valence-corrected chi connectivity index (χ3v) is 3.10. The van der Waals surface area contributed by atoms with Gasteiger partial charge in [0, 0.05) is 28.6 Å². The normalized spacial score (nSPS) is 10.6. The van der Waals surface area contributed by atoms with Crippen LogP contribution in [0.4, 0.5) is 0 Å². The van der Waals surface area contributed by atoms with E-state index in [4.69, 9.17) is 9.26 Å². The summed E-state index contributed by atoms with van der Waals surface area (Å²) in [6.07, 6.45) is 5.01. The lowest BCUT2D eigenvalue weighted by Crippen LogP contribution is -1.95. The number of pyridine rings is 2. The van der Waals surface area contributed by atoms with Gasteiger partial charge in [-0.05, 0) is 41.1 Å². The van der Waals surface area contributed by atoms with Gasteiger partial charge in [-0.2, -0.15) is 4.98 Å². The zero-order valence-electron chi connectivity index (χ0n) is 11.2. The van der Waals surface area contributed by atoms with E-state index in [1.54, 1.807) is 24.7 Å².